The fourth-order valence-electron chi connectivity index (χ4n) is 3.92. The van der Waals surface area contributed by atoms with Crippen LogP contribution >= 0.6 is 0 Å². The summed E-state index contributed by atoms with van der Waals surface area (Å²) in [7, 11) is 0. The number of carbonyl (C=O) groups excluding carboxylic acids is 1. The molecular weight excluding hydrogens is 234 g/mol. The number of hydrogen-bond acceptors (Lipinski definition) is 2. The first-order chi connectivity index (χ1) is 8.97. The Kier molecular flexibility index (Phi) is 2.67. The Hall–Kier alpha value is -1.44. The monoisotopic (exact) mass is 255 g/mol. The molecule has 0 saturated heterocycles. The van der Waals surface area contributed by atoms with Crippen LogP contribution < -0.4 is 0 Å². The van der Waals surface area contributed by atoms with Gasteiger partial charge in [0.1, 0.15) is 6.04 Å². The number of ketones is 1. The van der Waals surface area contributed by atoms with Crippen LogP contribution in [0.4, 0.5) is 0 Å². The average molecular weight is 255 g/mol. The van der Waals surface area contributed by atoms with E-state index in [4.69, 9.17) is 0 Å². The van der Waals surface area contributed by atoms with E-state index in [1.54, 1.807) is 0 Å². The van der Waals surface area contributed by atoms with Gasteiger partial charge in [-0.3, -0.25) is 9.79 Å². The summed E-state index contributed by atoms with van der Waals surface area (Å²) in [5.41, 5.74) is 0.986. The van der Waals surface area contributed by atoms with Crippen LogP contribution in [0.15, 0.2) is 35.3 Å². The number of hydrogen-bond donors (Lipinski definition) is 0. The molecule has 3 atom stereocenters. The van der Waals surface area contributed by atoms with E-state index in [9.17, 15) is 4.79 Å². The Morgan fingerprint density at radius 2 is 1.89 bits per heavy atom. The smallest absolute Gasteiger partial charge is 0.163 e. The maximum absolute atomic E-state index is 12.6. The lowest BCUT2D eigenvalue weighted by Crippen LogP contribution is -2.34. The first-order valence-corrected chi connectivity index (χ1v) is 7.09. The number of Topliss-reactive ketones (excluding diaryl/α,β-unsaturated/α-hetero) is 1. The van der Waals surface area contributed by atoms with Gasteiger partial charge in [-0.2, -0.15) is 0 Å². The molecule has 2 nitrogen and oxygen atoms in total. The predicted octanol–water partition coefficient (Wildman–Crippen LogP) is 3.50. The molecule has 0 aliphatic heterocycles. The van der Waals surface area contributed by atoms with Crippen LogP contribution in [0.1, 0.15) is 39.2 Å². The minimum atomic E-state index is -0.170. The molecule has 0 unspecified atom stereocenters. The third-order valence-electron chi connectivity index (χ3n) is 5.68. The molecule has 19 heavy (non-hydrogen) atoms. The molecular formula is C17H21NO. The molecule has 2 bridgehead atoms. The Morgan fingerprint density at radius 3 is 2.47 bits per heavy atom. The lowest BCUT2D eigenvalue weighted by atomic mass is 9.70. The second kappa shape index (κ2) is 4.03. The molecule has 1 aromatic rings. The molecule has 2 fully saturated rings. The summed E-state index contributed by atoms with van der Waals surface area (Å²) < 4.78 is 0. The fourth-order valence-corrected chi connectivity index (χ4v) is 3.92. The summed E-state index contributed by atoms with van der Waals surface area (Å²) in [4.78, 5) is 17.2. The topological polar surface area (TPSA) is 29.4 Å². The Bertz CT molecular complexity index is 531. The van der Waals surface area contributed by atoms with Crippen molar-refractivity contribution in [3.8, 4) is 0 Å². The third-order valence-corrected chi connectivity index (χ3v) is 5.68. The third kappa shape index (κ3) is 1.62. The lowest BCUT2D eigenvalue weighted by molar-refractivity contribution is -0.129. The molecule has 0 amide bonds. The van der Waals surface area contributed by atoms with Gasteiger partial charge < -0.3 is 0 Å². The molecule has 1 aromatic carbocycles. The second-order valence-electron chi connectivity index (χ2n) is 6.70. The van der Waals surface area contributed by atoms with Crippen molar-refractivity contribution >= 4 is 12.0 Å². The standard InChI is InChI=1S/C17H21NO/c1-16(2)13-9-10-17(16,3)15(19)14(13)18-11-12-7-5-4-6-8-12/h4-8,11,13-14H,9-10H2,1-3H3/t13-,14-,17+/m1/s1. The van der Waals surface area contributed by atoms with Gasteiger partial charge in [0, 0.05) is 11.6 Å². The highest BCUT2D eigenvalue weighted by Crippen LogP contribution is 2.64. The Labute approximate surface area is 114 Å². The molecule has 2 aliphatic carbocycles. The van der Waals surface area contributed by atoms with Crippen LogP contribution in [-0.2, 0) is 4.79 Å². The first kappa shape index (κ1) is 12.6. The molecule has 2 aliphatic rings. The van der Waals surface area contributed by atoms with Crippen LogP contribution in [0.5, 0.6) is 0 Å². The van der Waals surface area contributed by atoms with Gasteiger partial charge in [0.2, 0.25) is 0 Å². The largest absolute Gasteiger partial charge is 0.297 e. The summed E-state index contributed by atoms with van der Waals surface area (Å²) in [6.07, 6.45) is 4.02. The second-order valence-corrected chi connectivity index (χ2v) is 6.70. The summed E-state index contributed by atoms with van der Waals surface area (Å²) >= 11 is 0. The van der Waals surface area contributed by atoms with Crippen molar-refractivity contribution in [3.63, 3.8) is 0 Å². The molecule has 0 aromatic heterocycles. The highest BCUT2D eigenvalue weighted by atomic mass is 16.1. The molecule has 100 valence electrons. The normalized spacial score (nSPS) is 36.3. The number of aliphatic imine (C=N–C) groups is 1. The molecule has 3 rings (SSSR count). The molecule has 0 N–H and O–H groups in total. The van der Waals surface area contributed by atoms with Gasteiger partial charge in [-0.1, -0.05) is 51.1 Å². The molecule has 0 radical (unpaired) electrons. The van der Waals surface area contributed by atoms with Crippen LogP contribution in [0.2, 0.25) is 0 Å². The maximum Gasteiger partial charge on any atom is 0.163 e. The zero-order valence-electron chi connectivity index (χ0n) is 11.9. The lowest BCUT2D eigenvalue weighted by Gasteiger charge is -2.31. The van der Waals surface area contributed by atoms with Crippen molar-refractivity contribution in [2.75, 3.05) is 0 Å². The zero-order valence-corrected chi connectivity index (χ0v) is 11.9. The Balaban J connectivity index is 1.88. The molecule has 0 spiro atoms. The Morgan fingerprint density at radius 1 is 1.21 bits per heavy atom. The number of carbonyl (C=O) groups is 1. The number of benzene rings is 1. The van der Waals surface area contributed by atoms with Gasteiger partial charge in [0.25, 0.3) is 0 Å². The van der Waals surface area contributed by atoms with E-state index in [1.807, 2.05) is 36.5 Å². The average Bonchev–Trinajstić information content (AvgIpc) is 2.70. The van der Waals surface area contributed by atoms with E-state index in [-0.39, 0.29) is 16.9 Å². The van der Waals surface area contributed by atoms with Crippen molar-refractivity contribution in [2.24, 2.45) is 21.7 Å². The van der Waals surface area contributed by atoms with Gasteiger partial charge in [-0.25, -0.2) is 0 Å². The summed E-state index contributed by atoms with van der Waals surface area (Å²) in [6.45, 7) is 6.61. The number of nitrogens with zero attached hydrogens (tertiary/aromatic N) is 1. The molecule has 0 heterocycles. The van der Waals surface area contributed by atoms with Crippen molar-refractivity contribution in [1.82, 2.24) is 0 Å². The van der Waals surface area contributed by atoms with Gasteiger partial charge in [-0.05, 0) is 29.7 Å². The van der Waals surface area contributed by atoms with E-state index in [1.165, 1.54) is 0 Å². The highest BCUT2D eigenvalue weighted by molar-refractivity contribution is 5.96. The quantitative estimate of drug-likeness (QED) is 0.744. The fraction of sp³-hybridized carbons (Fsp3) is 0.529. The van der Waals surface area contributed by atoms with Gasteiger partial charge in [-0.15, -0.1) is 0 Å². The van der Waals surface area contributed by atoms with E-state index >= 15 is 0 Å². The van der Waals surface area contributed by atoms with Gasteiger partial charge in [0.15, 0.2) is 5.78 Å². The predicted molar refractivity (Wildman–Crippen MR) is 77.4 cm³/mol. The van der Waals surface area contributed by atoms with Crippen LogP contribution in [0, 0.1) is 16.7 Å². The SMILES string of the molecule is CC1(C)[C@@H]2CC[C@@]1(C)C(=O)[C@@H]2N=Cc1ccccc1. The van der Waals surface area contributed by atoms with E-state index in [0.717, 1.165) is 18.4 Å². The van der Waals surface area contributed by atoms with Gasteiger partial charge >= 0.3 is 0 Å². The van der Waals surface area contributed by atoms with E-state index in [0.29, 0.717) is 11.7 Å². The van der Waals surface area contributed by atoms with Crippen molar-refractivity contribution in [1.29, 1.82) is 0 Å². The van der Waals surface area contributed by atoms with Crippen molar-refractivity contribution in [3.05, 3.63) is 35.9 Å². The van der Waals surface area contributed by atoms with Crippen molar-refractivity contribution in [2.45, 2.75) is 39.7 Å². The summed E-state index contributed by atoms with van der Waals surface area (Å²) in [6, 6.07) is 9.89. The van der Waals surface area contributed by atoms with E-state index in [2.05, 4.69) is 25.8 Å². The van der Waals surface area contributed by atoms with Crippen LogP contribution in [-0.4, -0.2) is 18.0 Å². The molecule has 2 heteroatoms. The first-order valence-electron chi connectivity index (χ1n) is 7.09. The summed E-state index contributed by atoms with van der Waals surface area (Å²) in [5, 5.41) is 0. The van der Waals surface area contributed by atoms with Gasteiger partial charge in [0.05, 0.1) is 0 Å². The number of fused-ring (bicyclic) bond motifs is 2. The minimum Gasteiger partial charge on any atom is -0.297 e. The van der Waals surface area contributed by atoms with Crippen LogP contribution in [0.3, 0.4) is 0 Å². The van der Waals surface area contributed by atoms with Crippen molar-refractivity contribution < 1.29 is 4.79 Å². The maximum atomic E-state index is 12.6. The molecule has 2 saturated carbocycles. The van der Waals surface area contributed by atoms with Crippen LogP contribution in [0.25, 0.3) is 0 Å². The zero-order chi connectivity index (χ0) is 13.7. The summed E-state index contributed by atoms with van der Waals surface area (Å²) in [5.74, 6) is 0.755. The van der Waals surface area contributed by atoms with E-state index < -0.39 is 0 Å². The highest BCUT2D eigenvalue weighted by Gasteiger charge is 2.66. The number of rotatable bonds is 2. The minimum absolute atomic E-state index is 0.0861.